The van der Waals surface area contributed by atoms with Gasteiger partial charge in [-0.15, -0.1) is 0 Å². The Kier molecular flexibility index (Phi) is 5.74. The minimum atomic E-state index is 0.169. The fourth-order valence-corrected chi connectivity index (χ4v) is 2.80. The van der Waals surface area contributed by atoms with Crippen molar-refractivity contribution in [2.24, 2.45) is 5.73 Å². The molecule has 1 unspecified atom stereocenters. The maximum Gasteiger partial charge on any atom is 0.0746 e. The van der Waals surface area contributed by atoms with E-state index >= 15 is 0 Å². The van der Waals surface area contributed by atoms with E-state index in [1.807, 2.05) is 36.4 Å². The first-order valence-electron chi connectivity index (χ1n) is 6.84. The Labute approximate surface area is 136 Å². The normalized spacial score (nSPS) is 12.3. The molecule has 0 bridgehead atoms. The number of hydrogen-bond acceptors (Lipinski definition) is 2. The van der Waals surface area contributed by atoms with Crippen LogP contribution in [0.5, 0.6) is 0 Å². The first-order chi connectivity index (χ1) is 10.1. The molecule has 0 heterocycles. The maximum atomic E-state index is 6.05. The molecule has 2 rings (SSSR count). The van der Waals surface area contributed by atoms with Gasteiger partial charge in [-0.05, 0) is 30.3 Å². The van der Waals surface area contributed by atoms with Gasteiger partial charge in [0.2, 0.25) is 0 Å². The van der Waals surface area contributed by atoms with Crippen molar-refractivity contribution < 1.29 is 0 Å². The first kappa shape index (κ1) is 16.0. The molecule has 1 atom stereocenters. The number of nitrogens with two attached hydrogens (primary N) is 1. The van der Waals surface area contributed by atoms with E-state index in [0.29, 0.717) is 11.4 Å². The maximum absolute atomic E-state index is 6.05. The minimum Gasteiger partial charge on any atom is -0.393 e. The van der Waals surface area contributed by atoms with E-state index in [9.17, 15) is 0 Å². The second kappa shape index (κ2) is 7.55. The number of halogens is 1. The molecule has 110 valence electrons. The molecule has 0 amide bonds. The quantitative estimate of drug-likeness (QED) is 0.810. The van der Waals surface area contributed by atoms with Gasteiger partial charge in [0.25, 0.3) is 0 Å². The molecule has 0 saturated heterocycles. The summed E-state index contributed by atoms with van der Waals surface area (Å²) < 4.78 is 0. The third-order valence-electron chi connectivity index (χ3n) is 3.43. The van der Waals surface area contributed by atoms with Crippen LogP contribution in [0.15, 0.2) is 54.6 Å². The lowest BCUT2D eigenvalue weighted by molar-refractivity contribution is 0.242. The molecule has 0 aliphatic rings. The highest BCUT2D eigenvalue weighted by molar-refractivity contribution is 7.80. The van der Waals surface area contributed by atoms with E-state index in [1.165, 1.54) is 11.1 Å². The first-order valence-corrected chi connectivity index (χ1v) is 7.63. The molecule has 2 N–H and O–H groups in total. The summed E-state index contributed by atoms with van der Waals surface area (Å²) in [5.41, 5.74) is 8.16. The number of thiocarbonyl (C=S) groups is 1. The molecule has 0 fully saturated rings. The highest BCUT2D eigenvalue weighted by atomic mass is 35.5. The van der Waals surface area contributed by atoms with E-state index < -0.39 is 0 Å². The monoisotopic (exact) mass is 318 g/mol. The van der Waals surface area contributed by atoms with Gasteiger partial charge in [-0.1, -0.05) is 66.3 Å². The van der Waals surface area contributed by atoms with Crippen molar-refractivity contribution in [3.63, 3.8) is 0 Å². The van der Waals surface area contributed by atoms with Crippen LogP contribution in [-0.4, -0.2) is 16.9 Å². The van der Waals surface area contributed by atoms with Crippen LogP contribution in [0.3, 0.4) is 0 Å². The third kappa shape index (κ3) is 4.81. The summed E-state index contributed by atoms with van der Waals surface area (Å²) in [5.74, 6) is 0. The van der Waals surface area contributed by atoms with E-state index in [2.05, 4.69) is 30.1 Å². The van der Waals surface area contributed by atoms with Crippen LogP contribution < -0.4 is 5.73 Å². The predicted molar refractivity (Wildman–Crippen MR) is 93.5 cm³/mol. The summed E-state index contributed by atoms with van der Waals surface area (Å²) in [7, 11) is 2.08. The molecule has 0 aliphatic heterocycles. The van der Waals surface area contributed by atoms with Crippen molar-refractivity contribution in [3.8, 4) is 0 Å². The zero-order valence-electron chi connectivity index (χ0n) is 12.0. The zero-order valence-corrected chi connectivity index (χ0v) is 13.6. The van der Waals surface area contributed by atoms with Crippen LogP contribution in [0.4, 0.5) is 0 Å². The predicted octanol–water partition coefficient (Wildman–Crippen LogP) is 4.19. The molecule has 0 saturated carbocycles. The van der Waals surface area contributed by atoms with Crippen molar-refractivity contribution in [1.82, 2.24) is 4.90 Å². The van der Waals surface area contributed by atoms with Gasteiger partial charge in [-0.2, -0.15) is 0 Å². The lowest BCUT2D eigenvalue weighted by atomic mass is 10.0. The molecular formula is C17H19ClN2S. The summed E-state index contributed by atoms with van der Waals surface area (Å²) in [6, 6.07) is 18.4. The standard InChI is InChI=1S/C17H19ClN2S/c1-20(12-13-6-5-9-15(18)10-13)16(11-17(19)21)14-7-3-2-4-8-14/h2-10,16H,11-12H2,1H3,(H2,19,21). The van der Waals surface area contributed by atoms with Crippen molar-refractivity contribution in [1.29, 1.82) is 0 Å². The minimum absolute atomic E-state index is 0.169. The van der Waals surface area contributed by atoms with Gasteiger partial charge in [0.15, 0.2) is 0 Å². The average Bonchev–Trinajstić information content (AvgIpc) is 2.45. The summed E-state index contributed by atoms with van der Waals surface area (Å²) in [6.45, 7) is 0.794. The van der Waals surface area contributed by atoms with Crippen molar-refractivity contribution >= 4 is 28.8 Å². The van der Waals surface area contributed by atoms with E-state index in [4.69, 9.17) is 29.6 Å². The molecule has 2 nitrogen and oxygen atoms in total. The van der Waals surface area contributed by atoms with E-state index in [0.717, 1.165) is 11.6 Å². The topological polar surface area (TPSA) is 29.3 Å². The van der Waals surface area contributed by atoms with Crippen molar-refractivity contribution in [3.05, 3.63) is 70.7 Å². The Balaban J connectivity index is 2.18. The largest absolute Gasteiger partial charge is 0.393 e. The van der Waals surface area contributed by atoms with Gasteiger partial charge in [0.05, 0.1) is 4.99 Å². The Hall–Kier alpha value is -1.42. The molecule has 0 spiro atoms. The molecule has 21 heavy (non-hydrogen) atoms. The molecule has 0 aromatic heterocycles. The van der Waals surface area contributed by atoms with Gasteiger partial charge in [-0.3, -0.25) is 4.90 Å². The Morgan fingerprint density at radius 1 is 1.19 bits per heavy atom. The lowest BCUT2D eigenvalue weighted by Gasteiger charge is -2.28. The van der Waals surface area contributed by atoms with Gasteiger partial charge >= 0.3 is 0 Å². The summed E-state index contributed by atoms with van der Waals surface area (Å²) in [4.78, 5) is 2.78. The van der Waals surface area contributed by atoms with Crippen LogP contribution in [0.1, 0.15) is 23.6 Å². The molecule has 2 aromatic carbocycles. The summed E-state index contributed by atoms with van der Waals surface area (Å²) in [5, 5.41) is 0.756. The van der Waals surface area contributed by atoms with Crippen molar-refractivity contribution in [2.75, 3.05) is 7.05 Å². The van der Waals surface area contributed by atoms with Gasteiger partial charge < -0.3 is 5.73 Å². The summed E-state index contributed by atoms with van der Waals surface area (Å²) in [6.07, 6.45) is 0.663. The number of hydrogen-bond donors (Lipinski definition) is 1. The lowest BCUT2D eigenvalue weighted by Crippen LogP contribution is -2.28. The average molecular weight is 319 g/mol. The summed E-state index contributed by atoms with van der Waals surface area (Å²) >= 11 is 11.2. The van der Waals surface area contributed by atoms with E-state index in [1.54, 1.807) is 0 Å². The Morgan fingerprint density at radius 2 is 1.90 bits per heavy atom. The molecule has 0 radical (unpaired) electrons. The van der Waals surface area contributed by atoms with Crippen LogP contribution >= 0.6 is 23.8 Å². The number of benzene rings is 2. The SMILES string of the molecule is CN(Cc1cccc(Cl)c1)C(CC(N)=S)c1ccccc1. The van der Waals surface area contributed by atoms with Gasteiger partial charge in [0, 0.05) is 24.0 Å². The highest BCUT2D eigenvalue weighted by Gasteiger charge is 2.18. The van der Waals surface area contributed by atoms with Crippen LogP contribution in [0, 0.1) is 0 Å². The second-order valence-corrected chi connectivity index (χ2v) is 6.10. The Morgan fingerprint density at radius 3 is 2.52 bits per heavy atom. The molecule has 0 aliphatic carbocycles. The molecule has 4 heteroatoms. The van der Waals surface area contributed by atoms with Gasteiger partial charge in [-0.25, -0.2) is 0 Å². The smallest absolute Gasteiger partial charge is 0.0746 e. The zero-order chi connectivity index (χ0) is 15.2. The molecule has 2 aromatic rings. The fraction of sp³-hybridized carbons (Fsp3) is 0.235. The highest BCUT2D eigenvalue weighted by Crippen LogP contribution is 2.25. The van der Waals surface area contributed by atoms with Crippen LogP contribution in [0.25, 0.3) is 0 Å². The van der Waals surface area contributed by atoms with Crippen LogP contribution in [0.2, 0.25) is 5.02 Å². The van der Waals surface area contributed by atoms with Crippen LogP contribution in [-0.2, 0) is 6.54 Å². The van der Waals surface area contributed by atoms with Gasteiger partial charge in [0.1, 0.15) is 0 Å². The Bertz CT molecular complexity index is 601. The number of rotatable bonds is 6. The third-order valence-corrected chi connectivity index (χ3v) is 3.83. The fourth-order valence-electron chi connectivity index (χ4n) is 2.43. The second-order valence-electron chi connectivity index (χ2n) is 5.14. The molecular weight excluding hydrogens is 300 g/mol. The van der Waals surface area contributed by atoms with Crippen molar-refractivity contribution in [2.45, 2.75) is 19.0 Å². The number of nitrogens with zero attached hydrogens (tertiary/aromatic N) is 1. The van der Waals surface area contributed by atoms with E-state index in [-0.39, 0.29) is 6.04 Å².